The molecule has 0 aromatic heterocycles. The summed E-state index contributed by atoms with van der Waals surface area (Å²) < 4.78 is 10.8. The maximum atomic E-state index is 5.84. The highest BCUT2D eigenvalue weighted by atomic mass is 16.5. The molecule has 96 valence electrons. The lowest BCUT2D eigenvalue weighted by atomic mass is 9.90. The minimum absolute atomic E-state index is 0.189. The van der Waals surface area contributed by atoms with Gasteiger partial charge in [-0.1, -0.05) is 6.07 Å². The number of rotatable bonds is 5. The van der Waals surface area contributed by atoms with E-state index in [1.807, 2.05) is 0 Å². The minimum Gasteiger partial charge on any atom is -0.496 e. The van der Waals surface area contributed by atoms with Gasteiger partial charge >= 0.3 is 0 Å². The summed E-state index contributed by atoms with van der Waals surface area (Å²) in [6.45, 7) is 7.46. The summed E-state index contributed by atoms with van der Waals surface area (Å²) >= 11 is 0. The van der Waals surface area contributed by atoms with Gasteiger partial charge in [-0.15, -0.1) is 0 Å². The van der Waals surface area contributed by atoms with Crippen molar-refractivity contribution in [3.63, 3.8) is 0 Å². The number of aryl methyl sites for hydroxylation is 2. The van der Waals surface area contributed by atoms with Crippen LogP contribution in [0.5, 0.6) is 5.75 Å². The van der Waals surface area contributed by atoms with Gasteiger partial charge < -0.3 is 15.2 Å². The number of hydrogen-bond donors (Lipinski definition) is 1. The van der Waals surface area contributed by atoms with Gasteiger partial charge in [-0.05, 0) is 37.5 Å². The number of ether oxygens (including phenoxy) is 2. The Balaban J connectivity index is 3.34. The van der Waals surface area contributed by atoms with Crippen LogP contribution in [-0.2, 0) is 4.74 Å². The smallest absolute Gasteiger partial charge is 0.125 e. The standard InChI is InChI=1S/C14H23NO2/c1-9-6-10(2)13(12(7-15)8-16-4)14(17-5)11(9)3/h6,12H,7-8,15H2,1-5H3. The van der Waals surface area contributed by atoms with Gasteiger partial charge in [0.05, 0.1) is 13.7 Å². The van der Waals surface area contributed by atoms with E-state index in [1.165, 1.54) is 22.3 Å². The lowest BCUT2D eigenvalue weighted by molar-refractivity contribution is 0.179. The molecule has 3 heteroatoms. The van der Waals surface area contributed by atoms with Crippen LogP contribution in [0.15, 0.2) is 6.07 Å². The molecular weight excluding hydrogens is 214 g/mol. The summed E-state index contributed by atoms with van der Waals surface area (Å²) in [5.41, 5.74) is 10.7. The van der Waals surface area contributed by atoms with Gasteiger partial charge in [-0.2, -0.15) is 0 Å². The Morgan fingerprint density at radius 3 is 2.29 bits per heavy atom. The molecule has 1 atom stereocenters. The quantitative estimate of drug-likeness (QED) is 0.854. The summed E-state index contributed by atoms with van der Waals surface area (Å²) in [5, 5.41) is 0. The van der Waals surface area contributed by atoms with Crippen LogP contribution in [0.2, 0.25) is 0 Å². The molecule has 0 fully saturated rings. The van der Waals surface area contributed by atoms with E-state index in [-0.39, 0.29) is 5.92 Å². The SMILES string of the molecule is COCC(CN)c1c(C)cc(C)c(C)c1OC. The highest BCUT2D eigenvalue weighted by Crippen LogP contribution is 2.34. The topological polar surface area (TPSA) is 44.5 Å². The van der Waals surface area contributed by atoms with Crippen molar-refractivity contribution >= 4 is 0 Å². The first-order valence-corrected chi connectivity index (χ1v) is 5.90. The summed E-state index contributed by atoms with van der Waals surface area (Å²) in [6, 6.07) is 2.19. The fourth-order valence-electron chi connectivity index (χ4n) is 2.31. The fraction of sp³-hybridized carbons (Fsp3) is 0.571. The summed E-state index contributed by atoms with van der Waals surface area (Å²) in [5.74, 6) is 1.14. The van der Waals surface area contributed by atoms with Crippen LogP contribution in [0.4, 0.5) is 0 Å². The molecule has 0 aliphatic carbocycles. The first-order chi connectivity index (χ1) is 8.06. The third-order valence-electron chi connectivity index (χ3n) is 3.30. The third kappa shape index (κ3) is 2.79. The van der Waals surface area contributed by atoms with Gasteiger partial charge in [0, 0.05) is 25.1 Å². The molecule has 0 saturated heterocycles. The third-order valence-corrected chi connectivity index (χ3v) is 3.30. The Morgan fingerprint density at radius 1 is 1.18 bits per heavy atom. The maximum Gasteiger partial charge on any atom is 0.125 e. The molecule has 1 aromatic rings. The highest BCUT2D eigenvalue weighted by Gasteiger charge is 2.20. The minimum atomic E-state index is 0.189. The van der Waals surface area contributed by atoms with Crippen LogP contribution in [0, 0.1) is 20.8 Å². The number of methoxy groups -OCH3 is 2. The van der Waals surface area contributed by atoms with Crippen LogP contribution in [-0.4, -0.2) is 27.4 Å². The molecule has 1 rings (SSSR count). The van der Waals surface area contributed by atoms with Crippen molar-refractivity contribution in [1.82, 2.24) is 0 Å². The maximum absolute atomic E-state index is 5.84. The second kappa shape index (κ2) is 6.03. The normalized spacial score (nSPS) is 12.6. The predicted molar refractivity (Wildman–Crippen MR) is 70.9 cm³/mol. The van der Waals surface area contributed by atoms with Crippen molar-refractivity contribution in [2.45, 2.75) is 26.7 Å². The van der Waals surface area contributed by atoms with Crippen molar-refractivity contribution in [3.8, 4) is 5.75 Å². The zero-order chi connectivity index (χ0) is 13.0. The van der Waals surface area contributed by atoms with Crippen LogP contribution in [0.3, 0.4) is 0 Å². The molecule has 0 heterocycles. The monoisotopic (exact) mass is 237 g/mol. The van der Waals surface area contributed by atoms with E-state index >= 15 is 0 Å². The average molecular weight is 237 g/mol. The first-order valence-electron chi connectivity index (χ1n) is 5.90. The average Bonchev–Trinajstić information content (AvgIpc) is 2.31. The Kier molecular flexibility index (Phi) is 4.97. The number of benzene rings is 1. The molecule has 1 aromatic carbocycles. The van der Waals surface area contributed by atoms with Gasteiger partial charge in [0.15, 0.2) is 0 Å². The van der Waals surface area contributed by atoms with E-state index in [0.717, 1.165) is 5.75 Å². The summed E-state index contributed by atoms with van der Waals surface area (Å²) in [7, 11) is 3.41. The van der Waals surface area contributed by atoms with E-state index in [4.69, 9.17) is 15.2 Å². The fourth-order valence-corrected chi connectivity index (χ4v) is 2.31. The number of hydrogen-bond acceptors (Lipinski definition) is 3. The van der Waals surface area contributed by atoms with Crippen molar-refractivity contribution in [1.29, 1.82) is 0 Å². The largest absolute Gasteiger partial charge is 0.496 e. The van der Waals surface area contributed by atoms with Crippen LogP contribution >= 0.6 is 0 Å². The predicted octanol–water partition coefficient (Wildman–Crippen LogP) is 2.31. The van der Waals surface area contributed by atoms with Gasteiger partial charge in [-0.3, -0.25) is 0 Å². The second-order valence-electron chi connectivity index (χ2n) is 4.47. The van der Waals surface area contributed by atoms with Gasteiger partial charge in [0.25, 0.3) is 0 Å². The van der Waals surface area contributed by atoms with E-state index in [1.54, 1.807) is 14.2 Å². The molecule has 1 unspecified atom stereocenters. The number of nitrogens with two attached hydrogens (primary N) is 1. The molecular formula is C14H23NO2. The van der Waals surface area contributed by atoms with Gasteiger partial charge in [-0.25, -0.2) is 0 Å². The zero-order valence-electron chi connectivity index (χ0n) is 11.5. The van der Waals surface area contributed by atoms with Crippen LogP contribution in [0.25, 0.3) is 0 Å². The molecule has 17 heavy (non-hydrogen) atoms. The first kappa shape index (κ1) is 14.0. The molecule has 0 bridgehead atoms. The molecule has 0 saturated carbocycles. The van der Waals surface area contributed by atoms with E-state index in [0.29, 0.717) is 13.2 Å². The van der Waals surface area contributed by atoms with E-state index in [2.05, 4.69) is 26.8 Å². The van der Waals surface area contributed by atoms with E-state index < -0.39 is 0 Å². The molecule has 3 nitrogen and oxygen atoms in total. The summed E-state index contributed by atoms with van der Waals surface area (Å²) in [4.78, 5) is 0. The second-order valence-corrected chi connectivity index (χ2v) is 4.47. The lowest BCUT2D eigenvalue weighted by Crippen LogP contribution is -2.19. The Labute approximate surface area is 104 Å². The lowest BCUT2D eigenvalue weighted by Gasteiger charge is -2.22. The molecule has 0 aliphatic rings. The van der Waals surface area contributed by atoms with Gasteiger partial charge in [0.1, 0.15) is 5.75 Å². The summed E-state index contributed by atoms with van der Waals surface area (Å²) in [6.07, 6.45) is 0. The Morgan fingerprint density at radius 2 is 1.82 bits per heavy atom. The van der Waals surface area contributed by atoms with Crippen molar-refractivity contribution in [2.24, 2.45) is 5.73 Å². The zero-order valence-corrected chi connectivity index (χ0v) is 11.5. The van der Waals surface area contributed by atoms with Crippen LogP contribution in [0.1, 0.15) is 28.2 Å². The van der Waals surface area contributed by atoms with Gasteiger partial charge in [0.2, 0.25) is 0 Å². The molecule has 2 N–H and O–H groups in total. The Hall–Kier alpha value is -1.06. The molecule has 0 amide bonds. The van der Waals surface area contributed by atoms with Crippen molar-refractivity contribution in [2.75, 3.05) is 27.4 Å². The van der Waals surface area contributed by atoms with Crippen LogP contribution < -0.4 is 10.5 Å². The van der Waals surface area contributed by atoms with Crippen molar-refractivity contribution < 1.29 is 9.47 Å². The molecule has 0 radical (unpaired) electrons. The van der Waals surface area contributed by atoms with E-state index in [9.17, 15) is 0 Å². The molecule has 0 spiro atoms. The van der Waals surface area contributed by atoms with Crippen molar-refractivity contribution in [3.05, 3.63) is 28.3 Å². The molecule has 0 aliphatic heterocycles. The highest BCUT2D eigenvalue weighted by molar-refractivity contribution is 5.51. The Bertz CT molecular complexity index is 388.